The van der Waals surface area contributed by atoms with Crippen molar-refractivity contribution in [3.63, 3.8) is 0 Å². The van der Waals surface area contributed by atoms with E-state index in [1.165, 1.54) is 24.0 Å². The number of halogens is 1. The van der Waals surface area contributed by atoms with Crippen LogP contribution in [0.5, 0.6) is 0 Å². The van der Waals surface area contributed by atoms with Crippen LogP contribution in [0.4, 0.5) is 15.8 Å². The fraction of sp³-hybridized carbons (Fsp3) is 0.353. The molecule has 2 atom stereocenters. The van der Waals surface area contributed by atoms with Gasteiger partial charge in [0.25, 0.3) is 0 Å². The molecule has 0 saturated carbocycles. The fourth-order valence-corrected chi connectivity index (χ4v) is 4.36. The van der Waals surface area contributed by atoms with E-state index >= 15 is 0 Å². The van der Waals surface area contributed by atoms with Crippen LogP contribution in [-0.2, 0) is 0 Å². The summed E-state index contributed by atoms with van der Waals surface area (Å²) in [5, 5.41) is -0.156. The van der Waals surface area contributed by atoms with E-state index in [1.807, 2.05) is 17.0 Å². The predicted octanol–water partition coefficient (Wildman–Crippen LogP) is 2.44. The Morgan fingerprint density at radius 1 is 1.29 bits per heavy atom. The van der Waals surface area contributed by atoms with Crippen molar-refractivity contribution in [2.45, 2.75) is 24.3 Å². The lowest BCUT2D eigenvalue weighted by Gasteiger charge is -2.36. The molecule has 0 amide bonds. The molecule has 3 aliphatic heterocycles. The van der Waals surface area contributed by atoms with Gasteiger partial charge in [0.15, 0.2) is 0 Å². The molecule has 7 heteroatoms. The van der Waals surface area contributed by atoms with Crippen molar-refractivity contribution < 1.29 is 4.39 Å². The quantitative estimate of drug-likeness (QED) is 0.858. The molecule has 4 rings (SSSR count). The van der Waals surface area contributed by atoms with Gasteiger partial charge in [-0.1, -0.05) is 0 Å². The smallest absolute Gasteiger partial charge is 0.140 e. The van der Waals surface area contributed by atoms with Gasteiger partial charge in [0.05, 0.1) is 28.6 Å². The summed E-state index contributed by atoms with van der Waals surface area (Å²) >= 11 is 1.46. The van der Waals surface area contributed by atoms with Crippen LogP contribution in [-0.4, -0.2) is 29.5 Å². The second-order valence-electron chi connectivity index (χ2n) is 6.24. The van der Waals surface area contributed by atoms with Gasteiger partial charge in [-0.05, 0) is 31.1 Å². The maximum atomic E-state index is 14.1. The molecule has 1 saturated heterocycles. The Balaban J connectivity index is 1.74. The zero-order chi connectivity index (χ0) is 16.7. The zero-order valence-electron chi connectivity index (χ0n) is 13.2. The number of anilines is 2. The maximum Gasteiger partial charge on any atom is 0.140 e. The molecule has 0 spiro atoms. The Morgan fingerprint density at radius 2 is 2.17 bits per heavy atom. The van der Waals surface area contributed by atoms with E-state index in [-0.39, 0.29) is 17.2 Å². The lowest BCUT2D eigenvalue weighted by atomic mass is 10.1. The predicted molar refractivity (Wildman–Crippen MR) is 97.1 cm³/mol. The van der Waals surface area contributed by atoms with Gasteiger partial charge in [0, 0.05) is 36.4 Å². The molecule has 3 aliphatic rings. The molecule has 1 aromatic rings. The molecule has 0 aliphatic carbocycles. The summed E-state index contributed by atoms with van der Waals surface area (Å²) in [6, 6.07) is 2.14. The van der Waals surface area contributed by atoms with Crippen molar-refractivity contribution in [1.82, 2.24) is 4.98 Å². The fourth-order valence-electron chi connectivity index (χ4n) is 3.40. The summed E-state index contributed by atoms with van der Waals surface area (Å²) in [5.41, 5.74) is 14.9. The molecule has 4 heterocycles. The molecule has 1 fully saturated rings. The lowest BCUT2D eigenvalue weighted by Crippen LogP contribution is -2.43. The van der Waals surface area contributed by atoms with Crippen molar-refractivity contribution in [3.05, 3.63) is 53.2 Å². The number of thioether (sulfide) groups is 1. The van der Waals surface area contributed by atoms with E-state index in [0.717, 1.165) is 47.9 Å². The molecule has 0 radical (unpaired) electrons. The van der Waals surface area contributed by atoms with E-state index in [1.54, 1.807) is 12.4 Å². The largest absolute Gasteiger partial charge is 0.368 e. The number of aromatic nitrogens is 1. The second kappa shape index (κ2) is 6.23. The number of fused-ring (bicyclic) bond motifs is 1. The van der Waals surface area contributed by atoms with Crippen molar-refractivity contribution >= 4 is 23.1 Å². The number of pyridine rings is 1. The minimum atomic E-state index is -0.283. The Kier molecular flexibility index (Phi) is 4.07. The number of rotatable bonds is 2. The van der Waals surface area contributed by atoms with Gasteiger partial charge < -0.3 is 21.3 Å². The van der Waals surface area contributed by atoms with Crippen LogP contribution >= 0.6 is 11.8 Å². The summed E-state index contributed by atoms with van der Waals surface area (Å²) in [6.07, 6.45) is 10.6. The van der Waals surface area contributed by atoms with Crippen molar-refractivity contribution in [3.8, 4) is 0 Å². The summed E-state index contributed by atoms with van der Waals surface area (Å²) < 4.78 is 14.1. The second-order valence-corrected chi connectivity index (χ2v) is 7.46. The van der Waals surface area contributed by atoms with Gasteiger partial charge in [-0.25, -0.2) is 4.39 Å². The molecule has 1 aromatic heterocycles. The van der Waals surface area contributed by atoms with Gasteiger partial charge in [0.1, 0.15) is 5.83 Å². The zero-order valence-corrected chi connectivity index (χ0v) is 14.0. The lowest BCUT2D eigenvalue weighted by molar-refractivity contribution is 0.506. The topological polar surface area (TPSA) is 71.4 Å². The third-order valence-corrected chi connectivity index (χ3v) is 5.44. The van der Waals surface area contributed by atoms with Gasteiger partial charge in [-0.3, -0.25) is 4.98 Å². The first-order chi connectivity index (χ1) is 11.6. The first-order valence-electron chi connectivity index (χ1n) is 8.09. The van der Waals surface area contributed by atoms with E-state index in [4.69, 9.17) is 11.5 Å². The minimum Gasteiger partial charge on any atom is -0.368 e. The molecule has 24 heavy (non-hydrogen) atoms. The number of nitrogens with zero attached hydrogens (tertiary/aromatic N) is 3. The molecule has 2 unspecified atom stereocenters. The normalized spacial score (nSPS) is 26.7. The van der Waals surface area contributed by atoms with Crippen LogP contribution in [0.15, 0.2) is 53.2 Å². The Labute approximate surface area is 144 Å². The first-order valence-corrected chi connectivity index (χ1v) is 8.97. The standard InChI is InChI=1S/C17H20FN5S/c18-11-6-16-14(7-17(20)24-16)23(9-11)15-8-21-4-3-13(15)22-5-1-2-12(19)10-22/h3-4,6-9,12,17H,1-2,5,10,19-20H2. The number of nitrogens with two attached hydrogens (primary N) is 2. The Morgan fingerprint density at radius 3 is 3.00 bits per heavy atom. The van der Waals surface area contributed by atoms with Crippen LogP contribution in [0.25, 0.3) is 0 Å². The third-order valence-electron chi connectivity index (χ3n) is 4.45. The Hall–Kier alpha value is -1.83. The number of piperidine rings is 1. The number of allylic oxidation sites excluding steroid dienone is 2. The SMILES string of the molecule is NC1CCCN(c2ccncc2N2C=C(F)C=C3SC(N)C=C32)C1. The molecular weight excluding hydrogens is 325 g/mol. The van der Waals surface area contributed by atoms with Gasteiger partial charge >= 0.3 is 0 Å². The molecule has 5 nitrogen and oxygen atoms in total. The summed E-state index contributed by atoms with van der Waals surface area (Å²) in [7, 11) is 0. The monoisotopic (exact) mass is 345 g/mol. The average molecular weight is 345 g/mol. The van der Waals surface area contributed by atoms with Crippen molar-refractivity contribution in [2.24, 2.45) is 11.5 Å². The molecule has 126 valence electrons. The third kappa shape index (κ3) is 2.83. The summed E-state index contributed by atoms with van der Waals surface area (Å²) in [5.74, 6) is -0.283. The number of hydrogen-bond donors (Lipinski definition) is 2. The molecule has 0 aromatic carbocycles. The molecule has 0 bridgehead atoms. The molecular formula is C17H20FN5S. The van der Waals surface area contributed by atoms with Crippen LogP contribution < -0.4 is 21.3 Å². The van der Waals surface area contributed by atoms with Crippen molar-refractivity contribution in [2.75, 3.05) is 22.9 Å². The van der Waals surface area contributed by atoms with Crippen LogP contribution in [0.1, 0.15) is 12.8 Å². The average Bonchev–Trinajstić information content (AvgIpc) is 2.94. The van der Waals surface area contributed by atoms with Gasteiger partial charge in [0.2, 0.25) is 0 Å². The van der Waals surface area contributed by atoms with E-state index in [9.17, 15) is 4.39 Å². The van der Waals surface area contributed by atoms with E-state index in [2.05, 4.69) is 9.88 Å². The van der Waals surface area contributed by atoms with Crippen LogP contribution in [0.2, 0.25) is 0 Å². The van der Waals surface area contributed by atoms with Gasteiger partial charge in [-0.2, -0.15) is 0 Å². The van der Waals surface area contributed by atoms with Crippen LogP contribution in [0.3, 0.4) is 0 Å². The van der Waals surface area contributed by atoms with Crippen LogP contribution in [0, 0.1) is 0 Å². The Bertz CT molecular complexity index is 744. The highest BCUT2D eigenvalue weighted by atomic mass is 32.2. The first kappa shape index (κ1) is 15.7. The van der Waals surface area contributed by atoms with E-state index < -0.39 is 0 Å². The van der Waals surface area contributed by atoms with E-state index in [0.29, 0.717) is 0 Å². The summed E-state index contributed by atoms with van der Waals surface area (Å²) in [6.45, 7) is 1.74. The van der Waals surface area contributed by atoms with Crippen molar-refractivity contribution in [1.29, 1.82) is 0 Å². The summed E-state index contributed by atoms with van der Waals surface area (Å²) in [4.78, 5) is 9.23. The molecule has 4 N–H and O–H groups in total. The highest BCUT2D eigenvalue weighted by Gasteiger charge is 2.30. The maximum absolute atomic E-state index is 14.1. The minimum absolute atomic E-state index is 0.156. The highest BCUT2D eigenvalue weighted by Crippen LogP contribution is 2.44. The number of hydrogen-bond acceptors (Lipinski definition) is 6. The highest BCUT2D eigenvalue weighted by molar-refractivity contribution is 8.04. The van der Waals surface area contributed by atoms with Gasteiger partial charge in [-0.15, -0.1) is 11.8 Å².